The van der Waals surface area contributed by atoms with E-state index in [1.54, 1.807) is 0 Å². The molecule has 0 radical (unpaired) electrons. The lowest BCUT2D eigenvalue weighted by molar-refractivity contribution is 1.94. The third-order valence-electron chi connectivity index (χ3n) is 1.08. The summed E-state index contributed by atoms with van der Waals surface area (Å²) in [5.74, 6) is 0. The molecule has 2 bridgehead atoms. The monoisotopic (exact) mass is 172 g/mol. The van der Waals surface area contributed by atoms with Crippen molar-refractivity contribution in [1.29, 1.82) is 0 Å². The quantitative estimate of drug-likeness (QED) is 0.533. The van der Waals surface area contributed by atoms with Crippen LogP contribution in [-0.4, -0.2) is 0 Å². The minimum atomic E-state index is 1.36. The second kappa shape index (κ2) is 2.25. The number of fused-ring (bicyclic) bond motifs is 4. The van der Waals surface area contributed by atoms with Crippen molar-refractivity contribution in [3.05, 3.63) is 24.3 Å². The standard InChI is InChI=1S/C6H4S3/c1-2-6-4-3-5(1)7-9-8-6/h1-4H. The molecule has 0 nitrogen and oxygen atoms in total. The number of hydrogen-bond acceptors (Lipinski definition) is 3. The van der Waals surface area contributed by atoms with Crippen LogP contribution in [0.1, 0.15) is 0 Å². The lowest BCUT2D eigenvalue weighted by atomic mass is 10.4. The smallest absolute Gasteiger partial charge is 0.0385 e. The first kappa shape index (κ1) is 5.65. The lowest BCUT2D eigenvalue weighted by Gasteiger charge is -1.79. The van der Waals surface area contributed by atoms with E-state index < -0.39 is 0 Å². The molecule has 0 saturated carbocycles. The van der Waals surface area contributed by atoms with Gasteiger partial charge in [0.15, 0.2) is 0 Å². The van der Waals surface area contributed by atoms with Gasteiger partial charge in [-0.25, -0.2) is 0 Å². The van der Waals surface area contributed by atoms with Crippen LogP contribution >= 0.6 is 30.0 Å². The van der Waals surface area contributed by atoms with Gasteiger partial charge in [-0.1, -0.05) is 20.7 Å². The maximum absolute atomic E-state index is 2.16. The number of benzene rings is 1. The molecule has 2 heterocycles. The second-order valence-electron chi connectivity index (χ2n) is 1.71. The molecule has 0 atom stereocenters. The number of hydrogen-bond donors (Lipinski definition) is 0. The van der Waals surface area contributed by atoms with Gasteiger partial charge in [-0.05, 0) is 33.6 Å². The van der Waals surface area contributed by atoms with E-state index >= 15 is 0 Å². The normalized spacial score (nSPS) is 10.2. The molecule has 0 fully saturated rings. The summed E-state index contributed by atoms with van der Waals surface area (Å²) >= 11 is 0. The average molecular weight is 172 g/mol. The fourth-order valence-electron chi connectivity index (χ4n) is 0.646. The van der Waals surface area contributed by atoms with Crippen molar-refractivity contribution < 1.29 is 0 Å². The Hall–Kier alpha value is -0.120. The molecule has 0 unspecified atom stereocenters. The summed E-state index contributed by atoms with van der Waals surface area (Å²) in [4.78, 5) is 0. The van der Waals surface area contributed by atoms with Gasteiger partial charge in [0.25, 0.3) is 0 Å². The Balaban J connectivity index is 3.04. The van der Waals surface area contributed by atoms with Crippen LogP contribution < -0.4 is 0 Å². The Morgan fingerprint density at radius 3 is 1.67 bits per heavy atom. The lowest BCUT2D eigenvalue weighted by Crippen LogP contribution is -1.53. The molecule has 1 aromatic carbocycles. The highest BCUT2D eigenvalue weighted by Crippen LogP contribution is 2.23. The highest BCUT2D eigenvalue weighted by molar-refractivity contribution is 7.95. The van der Waals surface area contributed by atoms with Crippen LogP contribution in [0.3, 0.4) is 0 Å². The van der Waals surface area contributed by atoms with Gasteiger partial charge in [0.05, 0.1) is 0 Å². The van der Waals surface area contributed by atoms with Gasteiger partial charge in [-0.3, -0.25) is 0 Å². The van der Waals surface area contributed by atoms with Crippen molar-refractivity contribution in [3.8, 4) is 0 Å². The Morgan fingerprint density at radius 2 is 1.22 bits per heavy atom. The van der Waals surface area contributed by atoms with E-state index in [4.69, 9.17) is 0 Å². The molecule has 0 aliphatic rings. The van der Waals surface area contributed by atoms with Crippen LogP contribution in [0.4, 0.5) is 0 Å². The third-order valence-corrected chi connectivity index (χ3v) is 4.94. The Labute approximate surface area is 63.8 Å². The molecule has 0 spiro atoms. The van der Waals surface area contributed by atoms with E-state index in [0.29, 0.717) is 0 Å². The average Bonchev–Trinajstić information content (AvgIpc) is 2.21. The summed E-state index contributed by atoms with van der Waals surface area (Å²) in [5, 5.41) is 0. The van der Waals surface area contributed by atoms with Crippen LogP contribution in [0.25, 0.3) is 9.40 Å². The van der Waals surface area contributed by atoms with Crippen LogP contribution in [0.15, 0.2) is 24.3 Å². The Bertz CT molecular complexity index is 248. The van der Waals surface area contributed by atoms with Crippen molar-refractivity contribution in [3.63, 3.8) is 0 Å². The van der Waals surface area contributed by atoms with E-state index in [0.717, 1.165) is 0 Å². The molecule has 3 aromatic rings. The maximum Gasteiger partial charge on any atom is 0.0385 e. The fourth-order valence-corrected chi connectivity index (χ4v) is 4.29. The van der Waals surface area contributed by atoms with Crippen molar-refractivity contribution >= 4 is 39.4 Å². The maximum atomic E-state index is 2.16. The molecule has 3 rings (SSSR count). The van der Waals surface area contributed by atoms with E-state index in [1.807, 2.05) is 30.0 Å². The zero-order chi connectivity index (χ0) is 6.10. The first-order valence-corrected chi connectivity index (χ1v) is 6.05. The minimum absolute atomic E-state index is 1.36. The van der Waals surface area contributed by atoms with Crippen molar-refractivity contribution in [2.24, 2.45) is 0 Å². The highest BCUT2D eigenvalue weighted by Gasteiger charge is 1.85. The van der Waals surface area contributed by atoms with Crippen molar-refractivity contribution in [1.82, 2.24) is 0 Å². The largest absolute Gasteiger partial charge is 0.0699 e. The van der Waals surface area contributed by atoms with Crippen LogP contribution in [0, 0.1) is 0 Å². The van der Waals surface area contributed by atoms with Gasteiger partial charge in [-0.2, -0.15) is 0 Å². The van der Waals surface area contributed by atoms with Gasteiger partial charge >= 0.3 is 0 Å². The first-order valence-electron chi connectivity index (χ1n) is 2.56. The van der Waals surface area contributed by atoms with Gasteiger partial charge in [-0.15, -0.1) is 0 Å². The first-order chi connectivity index (χ1) is 4.45. The third kappa shape index (κ3) is 1.08. The van der Waals surface area contributed by atoms with Crippen LogP contribution in [0.2, 0.25) is 0 Å². The molecule has 0 aliphatic carbocycles. The fraction of sp³-hybridized carbons (Fsp3) is 0. The molecular formula is C6H4S3. The second-order valence-corrected chi connectivity index (χ2v) is 5.75. The summed E-state index contributed by atoms with van der Waals surface area (Å²) in [5.41, 5.74) is 0. The summed E-state index contributed by atoms with van der Waals surface area (Å²) in [6.07, 6.45) is 0. The van der Waals surface area contributed by atoms with Gasteiger partial charge < -0.3 is 0 Å². The summed E-state index contributed by atoms with van der Waals surface area (Å²) in [6, 6.07) is 8.64. The predicted octanol–water partition coefficient (Wildman–Crippen LogP) is 3.59. The Morgan fingerprint density at radius 1 is 0.778 bits per heavy atom. The SMILES string of the molecule is c1cc2ccc1sss2. The van der Waals surface area contributed by atoms with Gasteiger partial charge in [0.2, 0.25) is 0 Å². The van der Waals surface area contributed by atoms with Crippen molar-refractivity contribution in [2.75, 3.05) is 0 Å². The minimum Gasteiger partial charge on any atom is -0.0699 e. The molecule has 0 aliphatic heterocycles. The van der Waals surface area contributed by atoms with E-state index in [2.05, 4.69) is 24.3 Å². The van der Waals surface area contributed by atoms with Crippen LogP contribution in [-0.2, 0) is 0 Å². The molecule has 0 amide bonds. The molecule has 46 valence electrons. The molecule has 2 aromatic heterocycles. The van der Waals surface area contributed by atoms with E-state index in [-0.39, 0.29) is 0 Å². The Kier molecular flexibility index (Phi) is 1.41. The number of rotatable bonds is 0. The molecule has 3 heteroatoms. The van der Waals surface area contributed by atoms with Gasteiger partial charge in [0.1, 0.15) is 0 Å². The zero-order valence-electron chi connectivity index (χ0n) is 4.53. The summed E-state index contributed by atoms with van der Waals surface area (Å²) in [7, 11) is 5.48. The molecule has 0 saturated heterocycles. The molecule has 9 heavy (non-hydrogen) atoms. The summed E-state index contributed by atoms with van der Waals surface area (Å²) < 4.78 is 2.71. The zero-order valence-corrected chi connectivity index (χ0v) is 6.98. The molecular weight excluding hydrogens is 168 g/mol. The van der Waals surface area contributed by atoms with Crippen LogP contribution in [0.5, 0.6) is 0 Å². The van der Waals surface area contributed by atoms with E-state index in [9.17, 15) is 0 Å². The predicted molar refractivity (Wildman–Crippen MR) is 46.4 cm³/mol. The molecule has 0 N–H and O–H groups in total. The van der Waals surface area contributed by atoms with E-state index in [1.165, 1.54) is 9.40 Å². The van der Waals surface area contributed by atoms with Crippen molar-refractivity contribution in [2.45, 2.75) is 0 Å². The van der Waals surface area contributed by atoms with Gasteiger partial charge in [0, 0.05) is 9.40 Å². The topological polar surface area (TPSA) is 0 Å². The summed E-state index contributed by atoms with van der Waals surface area (Å²) in [6.45, 7) is 0. The highest BCUT2D eigenvalue weighted by atomic mass is 33.2.